The highest BCUT2D eigenvalue weighted by molar-refractivity contribution is 5.89. The van der Waals surface area contributed by atoms with Gasteiger partial charge in [0.2, 0.25) is 5.91 Å². The van der Waals surface area contributed by atoms with Crippen LogP contribution < -0.4 is 5.32 Å². The standard InChI is InChI=1S/C9H13NO4/c11-5-1-4(2-5)10-8(12)6-3-7(6)9(13)14/h4-7,11H,1-3H2,(H,10,12)(H,13,14). The van der Waals surface area contributed by atoms with Crippen LogP contribution in [0.1, 0.15) is 19.3 Å². The predicted octanol–water partition coefficient (Wildman–Crippen LogP) is -0.653. The summed E-state index contributed by atoms with van der Waals surface area (Å²) in [6.07, 6.45) is 1.35. The van der Waals surface area contributed by atoms with Gasteiger partial charge in [-0.25, -0.2) is 0 Å². The average Bonchev–Trinajstić information content (AvgIpc) is 2.79. The molecule has 0 aromatic carbocycles. The molecule has 2 fully saturated rings. The van der Waals surface area contributed by atoms with E-state index in [1.54, 1.807) is 0 Å². The van der Waals surface area contributed by atoms with Crippen LogP contribution in [-0.4, -0.2) is 34.2 Å². The number of carboxylic acid groups (broad SMARTS) is 1. The van der Waals surface area contributed by atoms with Crippen molar-refractivity contribution in [3.05, 3.63) is 0 Å². The molecular weight excluding hydrogens is 186 g/mol. The highest BCUT2D eigenvalue weighted by Crippen LogP contribution is 2.39. The van der Waals surface area contributed by atoms with E-state index >= 15 is 0 Å². The number of hydrogen-bond donors (Lipinski definition) is 3. The summed E-state index contributed by atoms with van der Waals surface area (Å²) in [4.78, 5) is 21.9. The zero-order valence-electron chi connectivity index (χ0n) is 7.64. The van der Waals surface area contributed by atoms with Gasteiger partial charge in [0, 0.05) is 6.04 Å². The smallest absolute Gasteiger partial charge is 0.307 e. The van der Waals surface area contributed by atoms with E-state index in [0.29, 0.717) is 19.3 Å². The molecule has 2 aliphatic carbocycles. The molecule has 0 heterocycles. The van der Waals surface area contributed by atoms with Gasteiger partial charge in [0.1, 0.15) is 0 Å². The van der Waals surface area contributed by atoms with Crippen molar-refractivity contribution in [1.29, 1.82) is 0 Å². The predicted molar refractivity (Wildman–Crippen MR) is 46.4 cm³/mol. The van der Waals surface area contributed by atoms with Crippen LogP contribution in [0.3, 0.4) is 0 Å². The Hall–Kier alpha value is -1.10. The molecule has 2 atom stereocenters. The molecule has 0 aromatic heterocycles. The van der Waals surface area contributed by atoms with Crippen molar-refractivity contribution in [2.45, 2.75) is 31.4 Å². The molecule has 0 bridgehead atoms. The maximum Gasteiger partial charge on any atom is 0.307 e. The number of aliphatic carboxylic acids is 1. The number of aliphatic hydroxyl groups excluding tert-OH is 1. The van der Waals surface area contributed by atoms with Gasteiger partial charge in [-0.1, -0.05) is 0 Å². The van der Waals surface area contributed by atoms with E-state index in [2.05, 4.69) is 5.32 Å². The minimum absolute atomic E-state index is 0.0487. The van der Waals surface area contributed by atoms with Crippen molar-refractivity contribution in [2.24, 2.45) is 11.8 Å². The Labute approximate surface area is 81.1 Å². The quantitative estimate of drug-likeness (QED) is 0.563. The molecule has 1 amide bonds. The Bertz CT molecular complexity index is 272. The van der Waals surface area contributed by atoms with E-state index in [4.69, 9.17) is 10.2 Å². The molecule has 2 aliphatic rings. The first-order valence-corrected chi connectivity index (χ1v) is 4.79. The van der Waals surface area contributed by atoms with Gasteiger partial charge in [-0.3, -0.25) is 9.59 Å². The minimum Gasteiger partial charge on any atom is -0.481 e. The van der Waals surface area contributed by atoms with Crippen molar-refractivity contribution in [3.63, 3.8) is 0 Å². The van der Waals surface area contributed by atoms with Crippen LogP contribution in [0.2, 0.25) is 0 Å². The molecule has 14 heavy (non-hydrogen) atoms. The van der Waals surface area contributed by atoms with E-state index in [1.165, 1.54) is 0 Å². The fourth-order valence-electron chi connectivity index (χ4n) is 1.77. The number of aliphatic hydroxyl groups is 1. The number of carbonyl (C=O) groups excluding carboxylic acids is 1. The summed E-state index contributed by atoms with van der Waals surface area (Å²) in [5.41, 5.74) is 0. The number of hydrogen-bond acceptors (Lipinski definition) is 3. The molecule has 3 N–H and O–H groups in total. The van der Waals surface area contributed by atoms with Gasteiger partial charge in [0.25, 0.3) is 0 Å². The van der Waals surface area contributed by atoms with Crippen LogP contribution in [0.15, 0.2) is 0 Å². The topological polar surface area (TPSA) is 86.6 Å². The van der Waals surface area contributed by atoms with Gasteiger partial charge in [-0.05, 0) is 19.3 Å². The van der Waals surface area contributed by atoms with Crippen LogP contribution in [0.5, 0.6) is 0 Å². The van der Waals surface area contributed by atoms with Crippen molar-refractivity contribution >= 4 is 11.9 Å². The monoisotopic (exact) mass is 199 g/mol. The lowest BCUT2D eigenvalue weighted by atomic mass is 9.89. The second-order valence-electron chi connectivity index (χ2n) is 4.12. The van der Waals surface area contributed by atoms with Gasteiger partial charge in [-0.2, -0.15) is 0 Å². The highest BCUT2D eigenvalue weighted by Gasteiger charge is 2.49. The first kappa shape index (κ1) is 9.45. The molecule has 78 valence electrons. The number of rotatable bonds is 3. The summed E-state index contributed by atoms with van der Waals surface area (Å²) in [5, 5.41) is 20.3. The summed E-state index contributed by atoms with van der Waals surface area (Å²) in [5.74, 6) is -1.89. The van der Waals surface area contributed by atoms with E-state index in [0.717, 1.165) is 0 Å². The van der Waals surface area contributed by atoms with Gasteiger partial charge in [-0.15, -0.1) is 0 Å². The molecule has 5 heteroatoms. The number of amides is 1. The Morgan fingerprint density at radius 2 is 1.79 bits per heavy atom. The lowest BCUT2D eigenvalue weighted by Gasteiger charge is -2.31. The maximum absolute atomic E-state index is 11.4. The van der Waals surface area contributed by atoms with Gasteiger partial charge >= 0.3 is 5.97 Å². The van der Waals surface area contributed by atoms with E-state index in [9.17, 15) is 9.59 Å². The lowest BCUT2D eigenvalue weighted by molar-refractivity contribution is -0.140. The van der Waals surface area contributed by atoms with Crippen LogP contribution >= 0.6 is 0 Å². The van der Waals surface area contributed by atoms with E-state index in [-0.39, 0.29) is 24.0 Å². The molecule has 2 unspecified atom stereocenters. The largest absolute Gasteiger partial charge is 0.481 e. The SMILES string of the molecule is O=C(O)C1CC1C(=O)NC1CC(O)C1. The summed E-state index contributed by atoms with van der Waals surface area (Å²) >= 11 is 0. The number of carbonyl (C=O) groups is 2. The second-order valence-corrected chi connectivity index (χ2v) is 4.12. The summed E-state index contributed by atoms with van der Waals surface area (Å²) in [6, 6.07) is 0.0487. The summed E-state index contributed by atoms with van der Waals surface area (Å²) < 4.78 is 0. The third kappa shape index (κ3) is 1.72. The Morgan fingerprint density at radius 3 is 2.21 bits per heavy atom. The molecule has 0 aromatic rings. The average molecular weight is 199 g/mol. The first-order chi connectivity index (χ1) is 6.58. The number of nitrogens with one attached hydrogen (secondary N) is 1. The van der Waals surface area contributed by atoms with Gasteiger partial charge in [0.05, 0.1) is 17.9 Å². The van der Waals surface area contributed by atoms with Crippen molar-refractivity contribution in [3.8, 4) is 0 Å². The highest BCUT2D eigenvalue weighted by atomic mass is 16.4. The molecule has 0 radical (unpaired) electrons. The normalized spacial score (nSPS) is 39.8. The second kappa shape index (κ2) is 3.24. The Morgan fingerprint density at radius 1 is 1.14 bits per heavy atom. The minimum atomic E-state index is -0.890. The Balaban J connectivity index is 1.73. The van der Waals surface area contributed by atoms with Crippen molar-refractivity contribution in [1.82, 2.24) is 5.32 Å². The van der Waals surface area contributed by atoms with Crippen LogP contribution in [0.4, 0.5) is 0 Å². The Kier molecular flexibility index (Phi) is 2.19. The summed E-state index contributed by atoms with van der Waals surface area (Å²) in [6.45, 7) is 0. The molecule has 5 nitrogen and oxygen atoms in total. The van der Waals surface area contributed by atoms with Crippen molar-refractivity contribution in [2.75, 3.05) is 0 Å². The fourth-order valence-corrected chi connectivity index (χ4v) is 1.77. The van der Waals surface area contributed by atoms with Crippen LogP contribution in [0, 0.1) is 11.8 Å². The lowest BCUT2D eigenvalue weighted by Crippen LogP contribution is -2.47. The zero-order chi connectivity index (χ0) is 10.3. The first-order valence-electron chi connectivity index (χ1n) is 4.79. The molecule has 0 saturated heterocycles. The third-order valence-corrected chi connectivity index (χ3v) is 2.90. The summed E-state index contributed by atoms with van der Waals surface area (Å²) in [7, 11) is 0. The van der Waals surface area contributed by atoms with Crippen molar-refractivity contribution < 1.29 is 19.8 Å². The zero-order valence-corrected chi connectivity index (χ0v) is 7.64. The molecule has 2 rings (SSSR count). The van der Waals surface area contributed by atoms with Crippen LogP contribution in [-0.2, 0) is 9.59 Å². The number of carboxylic acids is 1. The third-order valence-electron chi connectivity index (χ3n) is 2.90. The van der Waals surface area contributed by atoms with Gasteiger partial charge in [0.15, 0.2) is 0 Å². The molecule has 2 saturated carbocycles. The molecular formula is C9H13NO4. The van der Waals surface area contributed by atoms with Crippen LogP contribution in [0.25, 0.3) is 0 Å². The van der Waals surface area contributed by atoms with Gasteiger partial charge < -0.3 is 15.5 Å². The van der Waals surface area contributed by atoms with E-state index < -0.39 is 11.9 Å². The van der Waals surface area contributed by atoms with E-state index in [1.807, 2.05) is 0 Å². The molecule has 0 spiro atoms. The molecule has 0 aliphatic heterocycles. The fraction of sp³-hybridized carbons (Fsp3) is 0.778. The maximum atomic E-state index is 11.4.